The van der Waals surface area contributed by atoms with Crippen LogP contribution >= 0.6 is 11.3 Å². The van der Waals surface area contributed by atoms with Gasteiger partial charge in [0.15, 0.2) is 0 Å². The number of halogens is 3. The normalized spacial score (nSPS) is 13.9. The largest absolute Gasteiger partial charge is 0.755 e. The van der Waals surface area contributed by atoms with Gasteiger partial charge in [-0.15, -0.1) is 24.5 Å². The van der Waals surface area contributed by atoms with Gasteiger partial charge in [-0.2, -0.15) is 0 Å². The average molecular weight is 502 g/mol. The lowest BCUT2D eigenvalue weighted by Gasteiger charge is -2.34. The van der Waals surface area contributed by atoms with E-state index in [1.165, 1.54) is 39.9 Å². The summed E-state index contributed by atoms with van der Waals surface area (Å²) in [4.78, 5) is 1.84. The van der Waals surface area contributed by atoms with Crippen LogP contribution in [0.15, 0.2) is 48.5 Å². The molecule has 0 fully saturated rings. The summed E-state index contributed by atoms with van der Waals surface area (Å²) < 4.78 is 67.9. The number of ether oxygens (including phenoxy) is 1. The van der Waals surface area contributed by atoms with Gasteiger partial charge in [-0.1, -0.05) is 30.3 Å². The van der Waals surface area contributed by atoms with Gasteiger partial charge in [0, 0.05) is 35.1 Å². The lowest BCUT2D eigenvalue weighted by molar-refractivity contribution is -0.274. The SMILES string of the molecule is Cc1c(N(CC(Cc2ccc(OC(F)(F)F)cc2)N(C)CCO)S(=O)[O-])sc2ccccc12. The zero-order valence-corrected chi connectivity index (χ0v) is 19.7. The third-order valence-electron chi connectivity index (χ3n) is 5.31. The number of aliphatic hydroxyl groups excluding tert-OH is 1. The van der Waals surface area contributed by atoms with Crippen LogP contribution in [0.4, 0.5) is 18.2 Å². The number of thiophene rings is 1. The summed E-state index contributed by atoms with van der Waals surface area (Å²) >= 11 is -1.16. The van der Waals surface area contributed by atoms with Crippen molar-refractivity contribution in [2.75, 3.05) is 31.0 Å². The van der Waals surface area contributed by atoms with Gasteiger partial charge in [-0.05, 0) is 55.1 Å². The lowest BCUT2D eigenvalue weighted by Crippen LogP contribution is -2.45. The molecule has 33 heavy (non-hydrogen) atoms. The standard InChI is InChI=1S/C22H25F3N2O4S2/c1-15-19-5-3-4-6-20(19)32-21(15)27(33(29)30)14-17(26(2)11-12-28)13-16-7-9-18(10-8-16)31-22(23,24)25/h3-10,17,28H,11-14H2,1-2H3,(H,29,30)/p-1. The van der Waals surface area contributed by atoms with Gasteiger partial charge in [0.1, 0.15) is 10.8 Å². The van der Waals surface area contributed by atoms with Gasteiger partial charge in [-0.3, -0.25) is 13.4 Å². The molecule has 1 N–H and O–H groups in total. The van der Waals surface area contributed by atoms with Gasteiger partial charge >= 0.3 is 6.36 Å². The molecule has 180 valence electrons. The van der Waals surface area contributed by atoms with Crippen molar-refractivity contribution in [1.29, 1.82) is 0 Å². The second-order valence-corrected chi connectivity index (χ2v) is 9.47. The van der Waals surface area contributed by atoms with E-state index < -0.39 is 17.6 Å². The average Bonchev–Trinajstić information content (AvgIpc) is 3.07. The Balaban J connectivity index is 1.86. The summed E-state index contributed by atoms with van der Waals surface area (Å²) in [6.07, 6.45) is -4.41. The topological polar surface area (TPSA) is 76.1 Å². The van der Waals surface area contributed by atoms with E-state index in [1.54, 1.807) is 7.05 Å². The molecule has 0 amide bonds. The first-order valence-corrected chi connectivity index (χ1v) is 11.9. The summed E-state index contributed by atoms with van der Waals surface area (Å²) in [5.41, 5.74) is 1.57. The number of likely N-dealkylation sites (N-methyl/N-ethyl adjacent to an activating group) is 1. The number of benzene rings is 2. The van der Waals surface area contributed by atoms with Crippen LogP contribution < -0.4 is 9.04 Å². The molecule has 0 saturated heterocycles. The number of aliphatic hydroxyl groups is 1. The van der Waals surface area contributed by atoms with Gasteiger partial charge in [0.05, 0.1) is 6.61 Å². The van der Waals surface area contributed by atoms with Crippen LogP contribution in [0.25, 0.3) is 10.1 Å². The zero-order chi connectivity index (χ0) is 24.2. The van der Waals surface area contributed by atoms with Crippen LogP contribution in [0.1, 0.15) is 11.1 Å². The maximum absolute atomic E-state index is 12.4. The number of aryl methyl sites for hydroxylation is 1. The molecule has 11 heteroatoms. The van der Waals surface area contributed by atoms with Crippen molar-refractivity contribution in [3.8, 4) is 5.75 Å². The summed E-state index contributed by atoms with van der Waals surface area (Å²) in [5.74, 6) is -0.324. The van der Waals surface area contributed by atoms with Crippen LogP contribution in [0.2, 0.25) is 0 Å². The number of anilines is 1. The van der Waals surface area contributed by atoms with E-state index >= 15 is 0 Å². The molecule has 0 aliphatic heterocycles. The Kier molecular flexibility index (Phi) is 8.35. The van der Waals surface area contributed by atoms with Gasteiger partial charge in [0.2, 0.25) is 0 Å². The van der Waals surface area contributed by atoms with E-state index in [-0.39, 0.29) is 24.9 Å². The Hall–Kier alpha value is -2.18. The van der Waals surface area contributed by atoms with Crippen LogP contribution in [0.5, 0.6) is 5.75 Å². The highest BCUT2D eigenvalue weighted by Crippen LogP contribution is 2.38. The maximum Gasteiger partial charge on any atom is 0.573 e. The fourth-order valence-corrected chi connectivity index (χ4v) is 5.59. The number of hydrogen-bond donors (Lipinski definition) is 1. The van der Waals surface area contributed by atoms with E-state index in [1.807, 2.05) is 36.1 Å². The molecular formula is C22H24F3N2O4S2-. The molecule has 0 radical (unpaired) electrons. The van der Waals surface area contributed by atoms with E-state index in [0.717, 1.165) is 15.6 Å². The quantitative estimate of drug-likeness (QED) is 0.421. The molecule has 3 aromatic rings. The molecular weight excluding hydrogens is 477 g/mol. The Labute approximate surface area is 196 Å². The van der Waals surface area contributed by atoms with Crippen molar-refractivity contribution in [1.82, 2.24) is 4.90 Å². The summed E-state index contributed by atoms with van der Waals surface area (Å²) in [6.45, 7) is 2.18. The first kappa shape index (κ1) is 25.4. The van der Waals surface area contributed by atoms with Crippen molar-refractivity contribution in [2.24, 2.45) is 0 Å². The third kappa shape index (κ3) is 6.67. The Morgan fingerprint density at radius 2 is 1.85 bits per heavy atom. The molecule has 2 aromatic carbocycles. The fraction of sp³-hybridized carbons (Fsp3) is 0.364. The second-order valence-electron chi connectivity index (χ2n) is 7.56. The number of alkyl halides is 3. The molecule has 0 aliphatic rings. The number of fused-ring (bicyclic) bond motifs is 1. The van der Waals surface area contributed by atoms with Crippen LogP contribution in [0, 0.1) is 6.92 Å². The molecule has 0 bridgehead atoms. The molecule has 2 atom stereocenters. The lowest BCUT2D eigenvalue weighted by atomic mass is 10.0. The van der Waals surface area contributed by atoms with E-state index in [2.05, 4.69) is 4.74 Å². The van der Waals surface area contributed by atoms with Crippen LogP contribution in [0.3, 0.4) is 0 Å². The van der Waals surface area contributed by atoms with Crippen molar-refractivity contribution < 1.29 is 31.8 Å². The third-order valence-corrected chi connectivity index (χ3v) is 7.41. The molecule has 6 nitrogen and oxygen atoms in total. The van der Waals surface area contributed by atoms with Crippen LogP contribution in [-0.2, 0) is 17.7 Å². The molecule has 2 unspecified atom stereocenters. The molecule has 0 spiro atoms. The summed E-state index contributed by atoms with van der Waals surface area (Å²) in [6, 6.07) is 12.8. The second kappa shape index (κ2) is 10.8. The van der Waals surface area contributed by atoms with Gasteiger partial charge < -0.3 is 14.4 Å². The Morgan fingerprint density at radius 3 is 2.42 bits per heavy atom. The number of rotatable bonds is 10. The van der Waals surface area contributed by atoms with E-state index in [0.29, 0.717) is 23.5 Å². The summed E-state index contributed by atoms with van der Waals surface area (Å²) in [7, 11) is 1.77. The minimum atomic E-state index is -4.77. The molecule has 1 aromatic heterocycles. The maximum atomic E-state index is 12.4. The smallest absolute Gasteiger partial charge is 0.573 e. The first-order valence-electron chi connectivity index (χ1n) is 10.1. The highest BCUT2D eigenvalue weighted by Gasteiger charge is 2.31. The van der Waals surface area contributed by atoms with Gasteiger partial charge in [0.25, 0.3) is 0 Å². The minimum absolute atomic E-state index is 0.112. The van der Waals surface area contributed by atoms with E-state index in [4.69, 9.17) is 0 Å². The first-order chi connectivity index (χ1) is 15.6. The van der Waals surface area contributed by atoms with E-state index in [9.17, 15) is 27.0 Å². The summed E-state index contributed by atoms with van der Waals surface area (Å²) in [5, 5.41) is 11.0. The van der Waals surface area contributed by atoms with Crippen molar-refractivity contribution in [3.05, 3.63) is 59.7 Å². The highest BCUT2D eigenvalue weighted by molar-refractivity contribution is 7.81. The minimum Gasteiger partial charge on any atom is -0.755 e. The van der Waals surface area contributed by atoms with Crippen LogP contribution in [-0.4, -0.2) is 57.9 Å². The number of hydrogen-bond acceptors (Lipinski definition) is 6. The number of nitrogens with zero attached hydrogens (tertiary/aromatic N) is 2. The van der Waals surface area contributed by atoms with Crippen molar-refractivity contribution >= 4 is 37.7 Å². The molecule has 3 rings (SSSR count). The fourth-order valence-electron chi connectivity index (χ4n) is 3.60. The Morgan fingerprint density at radius 1 is 1.18 bits per heavy atom. The molecule has 0 saturated carbocycles. The Bertz CT molecular complexity index is 1090. The highest BCUT2D eigenvalue weighted by atomic mass is 32.2. The van der Waals surface area contributed by atoms with Gasteiger partial charge in [-0.25, -0.2) is 0 Å². The zero-order valence-electron chi connectivity index (χ0n) is 18.0. The predicted octanol–water partition coefficient (Wildman–Crippen LogP) is 4.24. The van der Waals surface area contributed by atoms with Crippen molar-refractivity contribution in [3.63, 3.8) is 0 Å². The predicted molar refractivity (Wildman–Crippen MR) is 123 cm³/mol. The van der Waals surface area contributed by atoms with Crippen molar-refractivity contribution in [2.45, 2.75) is 25.7 Å². The molecule has 1 heterocycles. The molecule has 0 aliphatic carbocycles. The monoisotopic (exact) mass is 501 g/mol.